The van der Waals surface area contributed by atoms with Crippen LogP contribution in [0.4, 0.5) is 0 Å². The van der Waals surface area contributed by atoms with E-state index in [2.05, 4.69) is 4.52 Å². The van der Waals surface area contributed by atoms with Gasteiger partial charge in [0.05, 0.1) is 6.10 Å². The van der Waals surface area contributed by atoms with Crippen LogP contribution in [-0.4, -0.2) is 30.8 Å². The Kier molecular flexibility index (Phi) is 6.75. The second kappa shape index (κ2) is 6.72. The predicted molar refractivity (Wildman–Crippen MR) is 62.3 cm³/mol. The van der Waals surface area contributed by atoms with Crippen LogP contribution in [0.2, 0.25) is 0 Å². The third-order valence-corrected chi connectivity index (χ3v) is 4.02. The molecular formula is C10H23O5P. The lowest BCUT2D eigenvalue weighted by Gasteiger charge is -2.38. The minimum atomic E-state index is -3.99. The van der Waals surface area contributed by atoms with Crippen LogP contribution in [0.25, 0.3) is 0 Å². The molecule has 0 fully saturated rings. The Morgan fingerprint density at radius 3 is 2.00 bits per heavy atom. The van der Waals surface area contributed by atoms with E-state index in [4.69, 9.17) is 9.26 Å². The summed E-state index contributed by atoms with van der Waals surface area (Å²) in [5, 5.41) is 0. The van der Waals surface area contributed by atoms with Gasteiger partial charge in [-0.05, 0) is 19.3 Å². The highest BCUT2D eigenvalue weighted by molar-refractivity contribution is 7.47. The molecule has 0 aliphatic rings. The van der Waals surface area contributed by atoms with Crippen molar-refractivity contribution in [1.29, 1.82) is 0 Å². The fraction of sp³-hybridized carbons (Fsp3) is 1.00. The largest absolute Gasteiger partial charge is 0.472 e. The topological polar surface area (TPSA) is 65.0 Å². The lowest BCUT2D eigenvalue weighted by Crippen LogP contribution is -2.44. The first-order chi connectivity index (χ1) is 7.41. The smallest absolute Gasteiger partial charge is 0.378 e. The molecule has 0 saturated carbocycles. The molecule has 0 aromatic carbocycles. The molecule has 0 aromatic heterocycles. The summed E-state index contributed by atoms with van der Waals surface area (Å²) in [5.41, 5.74) is -0.774. The molecule has 16 heavy (non-hydrogen) atoms. The summed E-state index contributed by atoms with van der Waals surface area (Å²) in [6, 6.07) is 0. The molecule has 2 unspecified atom stereocenters. The van der Waals surface area contributed by atoms with Gasteiger partial charge in [-0.2, -0.15) is 0 Å². The van der Waals surface area contributed by atoms with E-state index in [0.717, 1.165) is 7.11 Å². The maximum Gasteiger partial charge on any atom is 0.472 e. The highest BCUT2D eigenvalue weighted by Crippen LogP contribution is 2.50. The van der Waals surface area contributed by atoms with Crippen molar-refractivity contribution in [3.05, 3.63) is 0 Å². The Balaban J connectivity index is 5.01. The first-order valence-corrected chi connectivity index (χ1v) is 7.02. The summed E-state index contributed by atoms with van der Waals surface area (Å²) >= 11 is 0. The molecule has 0 bridgehead atoms. The summed E-state index contributed by atoms with van der Waals surface area (Å²) in [6.45, 7) is 5.76. The van der Waals surface area contributed by atoms with E-state index in [0.29, 0.717) is 19.3 Å². The number of phosphoric ester groups is 1. The Labute approximate surface area is 97.7 Å². The average molecular weight is 254 g/mol. The molecule has 2 atom stereocenters. The van der Waals surface area contributed by atoms with E-state index >= 15 is 0 Å². The number of rotatable bonds is 8. The van der Waals surface area contributed by atoms with Crippen LogP contribution in [0.3, 0.4) is 0 Å². The minimum Gasteiger partial charge on any atom is -0.378 e. The minimum absolute atomic E-state index is 0.224. The molecule has 0 aliphatic heterocycles. The van der Waals surface area contributed by atoms with Crippen molar-refractivity contribution in [3.63, 3.8) is 0 Å². The van der Waals surface area contributed by atoms with E-state index in [1.807, 2.05) is 20.8 Å². The van der Waals surface area contributed by atoms with Gasteiger partial charge in [0.1, 0.15) is 5.60 Å². The zero-order chi connectivity index (χ0) is 12.8. The number of hydrogen-bond acceptors (Lipinski definition) is 4. The summed E-state index contributed by atoms with van der Waals surface area (Å²) in [5.74, 6) is 0. The first kappa shape index (κ1) is 16.1. The molecule has 0 saturated heterocycles. The van der Waals surface area contributed by atoms with Crippen LogP contribution in [0.15, 0.2) is 0 Å². The second-order valence-electron chi connectivity index (χ2n) is 3.65. The molecule has 98 valence electrons. The van der Waals surface area contributed by atoms with Gasteiger partial charge in [-0.1, -0.05) is 20.8 Å². The molecule has 0 aliphatic carbocycles. The molecule has 0 spiro atoms. The first-order valence-electron chi connectivity index (χ1n) is 5.53. The molecule has 0 amide bonds. The van der Waals surface area contributed by atoms with Crippen molar-refractivity contribution < 1.29 is 23.2 Å². The fourth-order valence-corrected chi connectivity index (χ4v) is 2.82. The van der Waals surface area contributed by atoms with Crippen molar-refractivity contribution in [2.75, 3.05) is 14.2 Å². The van der Waals surface area contributed by atoms with Gasteiger partial charge in [0.2, 0.25) is 0 Å². The zero-order valence-electron chi connectivity index (χ0n) is 10.7. The SMILES string of the molecule is CCC(OC)C(CC)(CC)OP(=O)(O)OC. The van der Waals surface area contributed by atoms with Crippen LogP contribution in [-0.2, 0) is 18.3 Å². The van der Waals surface area contributed by atoms with Crippen molar-refractivity contribution in [1.82, 2.24) is 0 Å². The number of methoxy groups -OCH3 is 1. The number of phosphoric acid groups is 1. The molecule has 0 aromatic rings. The van der Waals surface area contributed by atoms with Crippen LogP contribution in [0, 0.1) is 0 Å². The second-order valence-corrected chi connectivity index (χ2v) is 5.13. The van der Waals surface area contributed by atoms with E-state index in [9.17, 15) is 9.46 Å². The number of hydrogen-bond donors (Lipinski definition) is 1. The van der Waals surface area contributed by atoms with Crippen LogP contribution in [0.1, 0.15) is 40.0 Å². The molecular weight excluding hydrogens is 231 g/mol. The van der Waals surface area contributed by atoms with E-state index in [-0.39, 0.29) is 6.10 Å². The van der Waals surface area contributed by atoms with Gasteiger partial charge in [0.25, 0.3) is 0 Å². The molecule has 5 nitrogen and oxygen atoms in total. The third kappa shape index (κ3) is 3.82. The monoisotopic (exact) mass is 254 g/mol. The third-order valence-electron chi connectivity index (χ3n) is 2.97. The Morgan fingerprint density at radius 1 is 1.25 bits per heavy atom. The normalized spacial score (nSPS) is 18.1. The van der Waals surface area contributed by atoms with Gasteiger partial charge in [-0.3, -0.25) is 9.05 Å². The van der Waals surface area contributed by atoms with E-state index < -0.39 is 13.4 Å². The van der Waals surface area contributed by atoms with Crippen molar-refractivity contribution in [2.45, 2.75) is 51.7 Å². The van der Waals surface area contributed by atoms with Crippen LogP contribution >= 0.6 is 7.82 Å². The maximum atomic E-state index is 11.5. The highest BCUT2D eigenvalue weighted by Gasteiger charge is 2.42. The van der Waals surface area contributed by atoms with Gasteiger partial charge < -0.3 is 9.63 Å². The molecule has 0 heterocycles. The molecule has 0 radical (unpaired) electrons. The zero-order valence-corrected chi connectivity index (χ0v) is 11.6. The van der Waals surface area contributed by atoms with Crippen molar-refractivity contribution >= 4 is 7.82 Å². The lowest BCUT2D eigenvalue weighted by atomic mass is 9.89. The predicted octanol–water partition coefficient (Wildman–Crippen LogP) is 2.73. The van der Waals surface area contributed by atoms with Crippen molar-refractivity contribution in [2.24, 2.45) is 0 Å². The summed E-state index contributed by atoms with van der Waals surface area (Å²) in [4.78, 5) is 9.42. The molecule has 1 N–H and O–H groups in total. The van der Waals surface area contributed by atoms with Gasteiger partial charge in [0, 0.05) is 14.2 Å². The Morgan fingerprint density at radius 2 is 1.75 bits per heavy atom. The number of ether oxygens (including phenoxy) is 1. The van der Waals surface area contributed by atoms with Crippen molar-refractivity contribution in [3.8, 4) is 0 Å². The van der Waals surface area contributed by atoms with Crippen LogP contribution < -0.4 is 0 Å². The lowest BCUT2D eigenvalue weighted by molar-refractivity contribution is -0.0945. The standard InChI is InChI=1S/C10H23O5P/c1-6-9(13-4)10(7-2,8-3)15-16(11,12)14-5/h9H,6-8H2,1-5H3,(H,11,12). The summed E-state index contributed by atoms with van der Waals surface area (Å²) in [6.07, 6.45) is 1.66. The summed E-state index contributed by atoms with van der Waals surface area (Å²) in [7, 11) is -1.25. The Hall–Kier alpha value is 0.0700. The van der Waals surface area contributed by atoms with Gasteiger partial charge in [-0.15, -0.1) is 0 Å². The van der Waals surface area contributed by atoms with Gasteiger partial charge in [-0.25, -0.2) is 4.57 Å². The van der Waals surface area contributed by atoms with E-state index in [1.54, 1.807) is 7.11 Å². The Bertz CT molecular complexity index is 235. The van der Waals surface area contributed by atoms with E-state index in [1.165, 1.54) is 0 Å². The quantitative estimate of drug-likeness (QED) is 0.675. The fourth-order valence-electron chi connectivity index (χ4n) is 1.91. The van der Waals surface area contributed by atoms with Gasteiger partial charge in [0.15, 0.2) is 0 Å². The highest BCUT2D eigenvalue weighted by atomic mass is 31.2. The average Bonchev–Trinajstić information content (AvgIpc) is 2.29. The van der Waals surface area contributed by atoms with Gasteiger partial charge >= 0.3 is 7.82 Å². The maximum absolute atomic E-state index is 11.5. The summed E-state index contributed by atoms with van der Waals surface area (Å²) < 4.78 is 26.6. The molecule has 0 rings (SSSR count). The van der Waals surface area contributed by atoms with Crippen LogP contribution in [0.5, 0.6) is 0 Å². The molecule has 6 heteroatoms.